The summed E-state index contributed by atoms with van der Waals surface area (Å²) in [4.78, 5) is 26.8. The summed E-state index contributed by atoms with van der Waals surface area (Å²) in [6.07, 6.45) is 5.29. The molecule has 0 N–H and O–H groups in total. The number of nitrogens with zero attached hydrogens (tertiary/aromatic N) is 4. The molecule has 0 atom stereocenters. The quantitative estimate of drug-likeness (QED) is 0.354. The van der Waals surface area contributed by atoms with Crippen LogP contribution in [0.25, 0.3) is 0 Å². The van der Waals surface area contributed by atoms with Gasteiger partial charge in [-0.2, -0.15) is 4.57 Å². The second kappa shape index (κ2) is 6.17. The number of piperazine rings is 1. The summed E-state index contributed by atoms with van der Waals surface area (Å²) in [5.41, 5.74) is 0. The van der Waals surface area contributed by atoms with Gasteiger partial charge >= 0.3 is 6.03 Å². The number of aryl methyl sites for hydroxylation is 1. The van der Waals surface area contributed by atoms with Crippen molar-refractivity contribution in [3.8, 4) is 0 Å². The Kier molecular flexibility index (Phi) is 5.12. The molecule has 0 unspecified atom stereocenters. The summed E-state index contributed by atoms with van der Waals surface area (Å²) in [6, 6.07) is -0.0335. The molecule has 2 heterocycles. The van der Waals surface area contributed by atoms with Crippen LogP contribution in [-0.2, 0) is 11.8 Å². The maximum Gasteiger partial charge on any atom is 0.415 e. The number of amides is 2. The maximum absolute atomic E-state index is 12.1. The van der Waals surface area contributed by atoms with Gasteiger partial charge in [0.05, 0.1) is 7.05 Å². The highest BCUT2D eigenvalue weighted by Gasteiger charge is 2.26. The van der Waals surface area contributed by atoms with Crippen molar-refractivity contribution in [2.75, 3.05) is 26.2 Å². The van der Waals surface area contributed by atoms with Gasteiger partial charge in [-0.1, -0.05) is 0 Å². The third kappa shape index (κ3) is 3.21. The fourth-order valence-electron chi connectivity index (χ4n) is 1.94. The van der Waals surface area contributed by atoms with Crippen molar-refractivity contribution in [1.82, 2.24) is 14.4 Å². The average molecular weight is 364 g/mol. The van der Waals surface area contributed by atoms with E-state index in [4.69, 9.17) is 0 Å². The molecular formula is C11H17IN4O2. The third-order valence-electron chi connectivity index (χ3n) is 2.99. The van der Waals surface area contributed by atoms with Crippen LogP contribution in [0.3, 0.4) is 0 Å². The molecule has 1 aromatic rings. The van der Waals surface area contributed by atoms with E-state index in [-0.39, 0.29) is 35.9 Å². The molecular weight excluding hydrogens is 347 g/mol. The fourth-order valence-corrected chi connectivity index (χ4v) is 1.94. The van der Waals surface area contributed by atoms with Crippen molar-refractivity contribution in [3.05, 3.63) is 18.7 Å². The maximum atomic E-state index is 12.1. The molecule has 100 valence electrons. The Balaban J connectivity index is 0.00000162. The Hall–Kier alpha value is -1.12. The molecule has 6 nitrogen and oxygen atoms in total. The van der Waals surface area contributed by atoms with Crippen LogP contribution in [0, 0.1) is 0 Å². The number of hydrogen-bond acceptors (Lipinski definition) is 2. The van der Waals surface area contributed by atoms with Gasteiger partial charge in [0.15, 0.2) is 0 Å². The fraction of sp³-hybridized carbons (Fsp3) is 0.545. The van der Waals surface area contributed by atoms with Crippen LogP contribution in [0.4, 0.5) is 4.79 Å². The molecule has 1 saturated heterocycles. The molecule has 1 aliphatic heterocycles. The van der Waals surface area contributed by atoms with Gasteiger partial charge < -0.3 is 33.8 Å². The average Bonchev–Trinajstić information content (AvgIpc) is 2.75. The van der Waals surface area contributed by atoms with Crippen molar-refractivity contribution < 1.29 is 38.1 Å². The molecule has 0 bridgehead atoms. The summed E-state index contributed by atoms with van der Waals surface area (Å²) in [7, 11) is 1.87. The zero-order valence-electron chi connectivity index (χ0n) is 10.5. The summed E-state index contributed by atoms with van der Waals surface area (Å²) in [6.45, 7) is 3.99. The minimum Gasteiger partial charge on any atom is -1.00 e. The number of carbonyl (C=O) groups is 2. The number of hydrogen-bond donors (Lipinski definition) is 0. The zero-order chi connectivity index (χ0) is 12.4. The number of aromatic nitrogens is 2. The van der Waals surface area contributed by atoms with Crippen molar-refractivity contribution in [1.29, 1.82) is 0 Å². The van der Waals surface area contributed by atoms with E-state index in [1.165, 1.54) is 0 Å². The third-order valence-corrected chi connectivity index (χ3v) is 2.99. The minimum absolute atomic E-state index is 0. The predicted octanol–water partition coefficient (Wildman–Crippen LogP) is -3.55. The molecule has 0 spiro atoms. The van der Waals surface area contributed by atoms with Gasteiger partial charge in [-0.05, 0) is 0 Å². The van der Waals surface area contributed by atoms with E-state index in [1.807, 2.05) is 17.8 Å². The van der Waals surface area contributed by atoms with Gasteiger partial charge in [0.25, 0.3) is 6.33 Å². The Bertz CT molecular complexity index is 438. The number of imidazole rings is 1. The standard InChI is InChI=1S/C11H17N4O2.HI/c1-10(16)13-5-7-14(8-6-13)11(17)15-4-3-12(2)9-15;/h3-4,9H,5-8H2,1-2H3;1H/q+1;/p-1. The Labute approximate surface area is 123 Å². The van der Waals surface area contributed by atoms with Gasteiger partial charge in [-0.3, -0.25) is 4.79 Å². The molecule has 0 radical (unpaired) electrons. The van der Waals surface area contributed by atoms with E-state index in [2.05, 4.69) is 0 Å². The van der Waals surface area contributed by atoms with Gasteiger partial charge in [0.2, 0.25) is 5.91 Å². The summed E-state index contributed by atoms with van der Waals surface area (Å²) in [5, 5.41) is 0. The van der Waals surface area contributed by atoms with Crippen molar-refractivity contribution in [3.63, 3.8) is 0 Å². The second-order valence-electron chi connectivity index (χ2n) is 4.26. The highest BCUT2D eigenvalue weighted by Crippen LogP contribution is 2.04. The van der Waals surface area contributed by atoms with Crippen LogP contribution >= 0.6 is 0 Å². The van der Waals surface area contributed by atoms with Crippen LogP contribution in [-0.4, -0.2) is 52.5 Å². The first-order valence-electron chi connectivity index (χ1n) is 5.66. The van der Waals surface area contributed by atoms with Crippen molar-refractivity contribution in [2.24, 2.45) is 7.05 Å². The molecule has 18 heavy (non-hydrogen) atoms. The van der Waals surface area contributed by atoms with E-state index >= 15 is 0 Å². The Morgan fingerprint density at radius 2 is 1.67 bits per heavy atom. The normalized spacial score (nSPS) is 15.2. The van der Waals surface area contributed by atoms with Gasteiger partial charge in [0.1, 0.15) is 12.4 Å². The lowest BCUT2D eigenvalue weighted by Gasteiger charge is -2.32. The Morgan fingerprint density at radius 1 is 1.11 bits per heavy atom. The smallest absolute Gasteiger partial charge is 0.415 e. The predicted molar refractivity (Wildman–Crippen MR) is 60.2 cm³/mol. The first kappa shape index (κ1) is 14.9. The first-order chi connectivity index (χ1) is 8.08. The number of carbonyl (C=O) groups excluding carboxylic acids is 2. The minimum atomic E-state index is -0.0335. The SMILES string of the molecule is CC(=O)N1CCN(C(=O)n2cc[n+](C)c2)CC1.[I-]. The second-order valence-corrected chi connectivity index (χ2v) is 4.26. The summed E-state index contributed by atoms with van der Waals surface area (Å²) >= 11 is 0. The largest absolute Gasteiger partial charge is 1.00 e. The van der Waals surface area contributed by atoms with E-state index in [0.29, 0.717) is 26.2 Å². The lowest BCUT2D eigenvalue weighted by molar-refractivity contribution is -0.670. The van der Waals surface area contributed by atoms with Crippen molar-refractivity contribution >= 4 is 11.9 Å². The summed E-state index contributed by atoms with van der Waals surface area (Å²) in [5.74, 6) is 0.0736. The van der Waals surface area contributed by atoms with Gasteiger partial charge in [0, 0.05) is 33.1 Å². The molecule has 0 saturated carbocycles. The van der Waals surface area contributed by atoms with Crippen molar-refractivity contribution in [2.45, 2.75) is 6.92 Å². The molecule has 2 amide bonds. The van der Waals surface area contributed by atoms with E-state index < -0.39 is 0 Å². The van der Waals surface area contributed by atoms with Crippen LogP contribution in [0.2, 0.25) is 0 Å². The topological polar surface area (TPSA) is 49.4 Å². The van der Waals surface area contributed by atoms with Crippen LogP contribution in [0.1, 0.15) is 6.92 Å². The molecule has 0 aliphatic carbocycles. The zero-order valence-corrected chi connectivity index (χ0v) is 12.7. The molecule has 1 aliphatic rings. The number of rotatable bonds is 0. The molecule has 2 rings (SSSR count). The molecule has 7 heteroatoms. The highest BCUT2D eigenvalue weighted by molar-refractivity contribution is 5.77. The lowest BCUT2D eigenvalue weighted by atomic mass is 10.3. The number of halogens is 1. The van der Waals surface area contributed by atoms with Crippen LogP contribution in [0.15, 0.2) is 18.7 Å². The summed E-state index contributed by atoms with van der Waals surface area (Å²) < 4.78 is 3.38. The van der Waals surface area contributed by atoms with E-state index in [9.17, 15) is 9.59 Å². The van der Waals surface area contributed by atoms with E-state index in [1.54, 1.807) is 33.8 Å². The monoisotopic (exact) mass is 364 g/mol. The van der Waals surface area contributed by atoms with Crippen LogP contribution in [0.5, 0.6) is 0 Å². The van der Waals surface area contributed by atoms with Gasteiger partial charge in [-0.15, -0.1) is 0 Å². The first-order valence-corrected chi connectivity index (χ1v) is 5.66. The lowest BCUT2D eigenvalue weighted by Crippen LogP contribution is -3.00. The molecule has 1 aromatic heterocycles. The highest BCUT2D eigenvalue weighted by atomic mass is 127. The van der Waals surface area contributed by atoms with Gasteiger partial charge in [-0.25, -0.2) is 9.36 Å². The van der Waals surface area contributed by atoms with E-state index in [0.717, 1.165) is 0 Å². The molecule has 1 fully saturated rings. The Morgan fingerprint density at radius 3 is 2.11 bits per heavy atom. The van der Waals surface area contributed by atoms with Crippen LogP contribution < -0.4 is 28.5 Å². The molecule has 0 aromatic carbocycles.